The van der Waals surface area contributed by atoms with E-state index in [2.05, 4.69) is 38.8 Å². The maximum absolute atomic E-state index is 4.24. The van der Waals surface area contributed by atoms with Crippen molar-refractivity contribution in [1.29, 1.82) is 0 Å². The van der Waals surface area contributed by atoms with Gasteiger partial charge in [-0.1, -0.05) is 6.92 Å². The molecule has 1 unspecified atom stereocenters. The number of halogens is 1. The van der Waals surface area contributed by atoms with E-state index < -0.39 is 0 Å². The fourth-order valence-corrected chi connectivity index (χ4v) is 2.68. The van der Waals surface area contributed by atoms with Crippen molar-refractivity contribution in [2.45, 2.75) is 38.6 Å². The number of pyridine rings is 1. The zero-order chi connectivity index (χ0) is 10.7. The standard InChI is InChI=1S/C12H17BrN2/c1-2-11-5-3-4-6-15(11)12-7-10(13)8-14-9-12/h7-9,11H,2-6H2,1H3. The van der Waals surface area contributed by atoms with Crippen molar-refractivity contribution >= 4 is 21.6 Å². The van der Waals surface area contributed by atoms with Gasteiger partial charge in [0.15, 0.2) is 0 Å². The maximum atomic E-state index is 4.24. The van der Waals surface area contributed by atoms with Crippen molar-refractivity contribution in [3.8, 4) is 0 Å². The van der Waals surface area contributed by atoms with Gasteiger partial charge >= 0.3 is 0 Å². The molecule has 2 heterocycles. The van der Waals surface area contributed by atoms with Gasteiger partial charge < -0.3 is 4.90 Å². The first-order valence-electron chi connectivity index (χ1n) is 5.68. The SMILES string of the molecule is CCC1CCCCN1c1cncc(Br)c1. The normalized spacial score (nSPS) is 21.7. The minimum Gasteiger partial charge on any atom is -0.367 e. The third kappa shape index (κ3) is 2.51. The second-order valence-electron chi connectivity index (χ2n) is 4.11. The fourth-order valence-electron chi connectivity index (χ4n) is 2.32. The van der Waals surface area contributed by atoms with Gasteiger partial charge in [-0.2, -0.15) is 0 Å². The highest BCUT2D eigenvalue weighted by atomic mass is 79.9. The highest BCUT2D eigenvalue weighted by Crippen LogP contribution is 2.27. The van der Waals surface area contributed by atoms with Crippen molar-refractivity contribution in [2.24, 2.45) is 0 Å². The number of nitrogens with zero attached hydrogens (tertiary/aromatic N) is 2. The van der Waals surface area contributed by atoms with Crippen molar-refractivity contribution in [1.82, 2.24) is 4.98 Å². The molecule has 1 fully saturated rings. The first-order chi connectivity index (χ1) is 7.31. The van der Waals surface area contributed by atoms with E-state index >= 15 is 0 Å². The summed E-state index contributed by atoms with van der Waals surface area (Å²) in [5, 5.41) is 0. The van der Waals surface area contributed by atoms with Gasteiger partial charge in [-0.25, -0.2) is 0 Å². The number of rotatable bonds is 2. The quantitative estimate of drug-likeness (QED) is 0.815. The topological polar surface area (TPSA) is 16.1 Å². The first-order valence-corrected chi connectivity index (χ1v) is 6.47. The molecule has 1 aromatic heterocycles. The van der Waals surface area contributed by atoms with Crippen molar-refractivity contribution < 1.29 is 0 Å². The monoisotopic (exact) mass is 268 g/mol. The Morgan fingerprint density at radius 1 is 1.47 bits per heavy atom. The number of hydrogen-bond donors (Lipinski definition) is 0. The summed E-state index contributed by atoms with van der Waals surface area (Å²) in [6.07, 6.45) is 9.04. The molecule has 1 aliphatic rings. The lowest BCUT2D eigenvalue weighted by Crippen LogP contribution is -2.39. The predicted molar refractivity (Wildman–Crippen MR) is 67.2 cm³/mol. The maximum Gasteiger partial charge on any atom is 0.0566 e. The molecule has 82 valence electrons. The molecule has 15 heavy (non-hydrogen) atoms. The smallest absolute Gasteiger partial charge is 0.0566 e. The second kappa shape index (κ2) is 4.97. The minimum absolute atomic E-state index is 0.704. The lowest BCUT2D eigenvalue weighted by molar-refractivity contribution is 0.449. The molecule has 1 atom stereocenters. The molecule has 1 aliphatic heterocycles. The molecule has 0 saturated carbocycles. The van der Waals surface area contributed by atoms with Crippen LogP contribution in [-0.4, -0.2) is 17.6 Å². The average Bonchev–Trinajstić information content (AvgIpc) is 2.29. The molecule has 0 bridgehead atoms. The molecule has 2 nitrogen and oxygen atoms in total. The largest absolute Gasteiger partial charge is 0.367 e. The zero-order valence-corrected chi connectivity index (χ0v) is 10.7. The van der Waals surface area contributed by atoms with Gasteiger partial charge in [0.2, 0.25) is 0 Å². The van der Waals surface area contributed by atoms with Crippen molar-refractivity contribution in [2.75, 3.05) is 11.4 Å². The molecular weight excluding hydrogens is 252 g/mol. The van der Waals surface area contributed by atoms with Crippen LogP contribution in [0.4, 0.5) is 5.69 Å². The number of hydrogen-bond acceptors (Lipinski definition) is 2. The lowest BCUT2D eigenvalue weighted by atomic mass is 9.99. The van der Waals surface area contributed by atoms with E-state index in [1.54, 1.807) is 0 Å². The summed E-state index contributed by atoms with van der Waals surface area (Å²) < 4.78 is 1.07. The van der Waals surface area contributed by atoms with E-state index in [1.807, 2.05) is 12.4 Å². The van der Waals surface area contributed by atoms with Gasteiger partial charge in [0.05, 0.1) is 11.9 Å². The third-order valence-electron chi connectivity index (χ3n) is 3.12. The van der Waals surface area contributed by atoms with Crippen LogP contribution in [-0.2, 0) is 0 Å². The van der Waals surface area contributed by atoms with Crippen LogP contribution in [0.25, 0.3) is 0 Å². The molecule has 0 aliphatic carbocycles. The van der Waals surface area contributed by atoms with Gasteiger partial charge in [0, 0.05) is 23.3 Å². The third-order valence-corrected chi connectivity index (χ3v) is 3.55. The van der Waals surface area contributed by atoms with Crippen molar-refractivity contribution in [3.05, 3.63) is 22.9 Å². The van der Waals surface area contributed by atoms with Gasteiger partial charge in [-0.05, 0) is 47.7 Å². The molecule has 0 spiro atoms. The van der Waals surface area contributed by atoms with E-state index in [1.165, 1.54) is 37.9 Å². The Morgan fingerprint density at radius 3 is 3.07 bits per heavy atom. The highest BCUT2D eigenvalue weighted by molar-refractivity contribution is 9.10. The van der Waals surface area contributed by atoms with Gasteiger partial charge in [-0.15, -0.1) is 0 Å². The summed E-state index contributed by atoms with van der Waals surface area (Å²) in [7, 11) is 0. The van der Waals surface area contributed by atoms with Crippen LogP contribution in [0, 0.1) is 0 Å². The van der Waals surface area contributed by atoms with Crippen LogP contribution in [0.5, 0.6) is 0 Å². The second-order valence-corrected chi connectivity index (χ2v) is 5.03. The molecule has 0 aromatic carbocycles. The van der Waals surface area contributed by atoms with Crippen LogP contribution in [0.3, 0.4) is 0 Å². The molecule has 2 rings (SSSR count). The summed E-state index contributed by atoms with van der Waals surface area (Å²) >= 11 is 3.48. The fraction of sp³-hybridized carbons (Fsp3) is 0.583. The molecule has 3 heteroatoms. The number of piperidine rings is 1. The Hall–Kier alpha value is -0.570. The minimum atomic E-state index is 0.704. The Bertz CT molecular complexity index is 327. The van der Waals surface area contributed by atoms with Crippen LogP contribution in [0.2, 0.25) is 0 Å². The van der Waals surface area contributed by atoms with Crippen molar-refractivity contribution in [3.63, 3.8) is 0 Å². The number of aromatic nitrogens is 1. The van der Waals surface area contributed by atoms with E-state index in [-0.39, 0.29) is 0 Å². The van der Waals surface area contributed by atoms with E-state index in [9.17, 15) is 0 Å². The Morgan fingerprint density at radius 2 is 2.33 bits per heavy atom. The van der Waals surface area contributed by atoms with Gasteiger partial charge in [0.25, 0.3) is 0 Å². The van der Waals surface area contributed by atoms with Crippen LogP contribution >= 0.6 is 15.9 Å². The molecular formula is C12H17BrN2. The van der Waals surface area contributed by atoms with E-state index in [4.69, 9.17) is 0 Å². The Balaban J connectivity index is 2.20. The van der Waals surface area contributed by atoms with Crippen LogP contribution in [0.1, 0.15) is 32.6 Å². The van der Waals surface area contributed by atoms with E-state index in [0.717, 1.165) is 4.47 Å². The molecule has 1 saturated heterocycles. The Kier molecular flexibility index (Phi) is 3.62. The summed E-state index contributed by atoms with van der Waals surface area (Å²) in [4.78, 5) is 6.74. The summed E-state index contributed by atoms with van der Waals surface area (Å²) in [6, 6.07) is 2.87. The summed E-state index contributed by atoms with van der Waals surface area (Å²) in [5.74, 6) is 0. The molecule has 1 aromatic rings. The first kappa shape index (κ1) is 10.9. The Labute approximate surface area is 99.8 Å². The van der Waals surface area contributed by atoms with Crippen LogP contribution in [0.15, 0.2) is 22.9 Å². The predicted octanol–water partition coefficient (Wildman–Crippen LogP) is 3.61. The zero-order valence-electron chi connectivity index (χ0n) is 9.12. The lowest BCUT2D eigenvalue weighted by Gasteiger charge is -2.37. The summed E-state index contributed by atoms with van der Waals surface area (Å²) in [6.45, 7) is 3.45. The molecule has 0 amide bonds. The number of anilines is 1. The van der Waals surface area contributed by atoms with Gasteiger partial charge in [0.1, 0.15) is 0 Å². The van der Waals surface area contributed by atoms with Crippen LogP contribution < -0.4 is 4.90 Å². The molecule has 0 radical (unpaired) electrons. The highest BCUT2D eigenvalue weighted by Gasteiger charge is 2.21. The molecule has 0 N–H and O–H groups in total. The summed E-state index contributed by atoms with van der Waals surface area (Å²) in [5.41, 5.74) is 1.26. The average molecular weight is 269 g/mol. The van der Waals surface area contributed by atoms with Gasteiger partial charge in [-0.3, -0.25) is 4.98 Å². The van der Waals surface area contributed by atoms with E-state index in [0.29, 0.717) is 6.04 Å².